The van der Waals surface area contributed by atoms with Crippen molar-refractivity contribution in [2.45, 2.75) is 26.9 Å². The number of aromatic nitrogens is 2. The molecule has 2 heterocycles. The van der Waals surface area contributed by atoms with Crippen molar-refractivity contribution < 1.29 is 4.79 Å². The molecule has 2 rings (SSSR count). The molecule has 0 bridgehead atoms. The number of hydrogen-bond donors (Lipinski definition) is 2. The van der Waals surface area contributed by atoms with E-state index < -0.39 is 5.91 Å². The third-order valence-electron chi connectivity index (χ3n) is 3.29. The Labute approximate surface area is 126 Å². The highest BCUT2D eigenvalue weighted by molar-refractivity contribution is 7.18. The Morgan fingerprint density at radius 2 is 2.10 bits per heavy atom. The second-order valence-corrected chi connectivity index (χ2v) is 6.39. The van der Waals surface area contributed by atoms with Crippen molar-refractivity contribution in [1.82, 2.24) is 19.9 Å². The van der Waals surface area contributed by atoms with Crippen LogP contribution in [-0.4, -0.2) is 34.5 Å². The maximum absolute atomic E-state index is 12.7. The van der Waals surface area contributed by atoms with Crippen LogP contribution in [0.2, 0.25) is 0 Å². The van der Waals surface area contributed by atoms with Gasteiger partial charge in [-0.1, -0.05) is 0 Å². The number of hydrogen-bond acceptors (Lipinski definition) is 6. The number of thiophene rings is 1. The Morgan fingerprint density at radius 1 is 1.43 bits per heavy atom. The number of amides is 1. The van der Waals surface area contributed by atoms with Gasteiger partial charge in [0.05, 0.1) is 11.9 Å². The van der Waals surface area contributed by atoms with E-state index in [0.29, 0.717) is 17.8 Å². The molecule has 3 N–H and O–H groups in total. The minimum absolute atomic E-state index is 0.129. The van der Waals surface area contributed by atoms with E-state index in [4.69, 9.17) is 5.84 Å². The van der Waals surface area contributed by atoms with Gasteiger partial charge in [0.25, 0.3) is 11.5 Å². The molecule has 0 saturated carbocycles. The van der Waals surface area contributed by atoms with Crippen LogP contribution in [0, 0.1) is 13.8 Å². The van der Waals surface area contributed by atoms with Gasteiger partial charge in [0.15, 0.2) is 0 Å². The van der Waals surface area contributed by atoms with Crippen molar-refractivity contribution in [3.8, 4) is 0 Å². The van der Waals surface area contributed by atoms with Gasteiger partial charge in [-0.2, -0.15) is 0 Å². The Morgan fingerprint density at radius 3 is 2.67 bits per heavy atom. The lowest BCUT2D eigenvalue weighted by atomic mass is 10.2. The first kappa shape index (κ1) is 15.6. The molecule has 0 atom stereocenters. The summed E-state index contributed by atoms with van der Waals surface area (Å²) in [5.74, 6) is 5.25. The standard InChI is InChI=1S/C13H19N5O2S/c1-7-8(2)21-12-11(7)13(20)18(6-10(19)16-14)9(15-12)5-17(3)4/h5-6,14H2,1-4H3,(H,16,19). The summed E-state index contributed by atoms with van der Waals surface area (Å²) in [5.41, 5.74) is 2.78. The van der Waals surface area contributed by atoms with Crippen LogP contribution in [0.5, 0.6) is 0 Å². The van der Waals surface area contributed by atoms with E-state index in [1.807, 2.05) is 32.8 Å². The molecule has 0 aliphatic heterocycles. The molecule has 8 heteroatoms. The molecule has 1 amide bonds. The molecule has 0 spiro atoms. The summed E-state index contributed by atoms with van der Waals surface area (Å²) in [6.07, 6.45) is 0. The fourth-order valence-electron chi connectivity index (χ4n) is 2.13. The first-order chi connectivity index (χ1) is 9.85. The first-order valence-corrected chi connectivity index (χ1v) is 7.30. The Hall–Kier alpha value is -1.77. The van der Waals surface area contributed by atoms with E-state index in [2.05, 4.69) is 10.4 Å². The van der Waals surface area contributed by atoms with E-state index in [0.717, 1.165) is 15.3 Å². The number of rotatable bonds is 4. The minimum Gasteiger partial charge on any atom is -0.302 e. The fraction of sp³-hybridized carbons (Fsp3) is 0.462. The molecular formula is C13H19N5O2S. The molecule has 0 fully saturated rings. The lowest BCUT2D eigenvalue weighted by molar-refractivity contribution is -0.121. The molecule has 2 aromatic rings. The summed E-state index contributed by atoms with van der Waals surface area (Å²) < 4.78 is 1.39. The molecule has 0 aliphatic rings. The smallest absolute Gasteiger partial charge is 0.263 e. The molecule has 114 valence electrons. The largest absolute Gasteiger partial charge is 0.302 e. The maximum Gasteiger partial charge on any atom is 0.263 e. The third-order valence-corrected chi connectivity index (χ3v) is 4.39. The molecule has 0 saturated heterocycles. The van der Waals surface area contributed by atoms with Crippen LogP contribution < -0.4 is 16.8 Å². The average Bonchev–Trinajstić information content (AvgIpc) is 2.68. The fourth-order valence-corrected chi connectivity index (χ4v) is 3.16. The summed E-state index contributed by atoms with van der Waals surface area (Å²) in [5, 5.41) is 0.588. The van der Waals surface area contributed by atoms with Gasteiger partial charge in [0, 0.05) is 4.88 Å². The molecule has 0 aliphatic carbocycles. The Bertz CT molecular complexity index is 747. The number of aryl methyl sites for hydroxylation is 2. The van der Waals surface area contributed by atoms with Crippen molar-refractivity contribution in [1.29, 1.82) is 0 Å². The average molecular weight is 309 g/mol. The summed E-state index contributed by atoms with van der Waals surface area (Å²) in [6.45, 7) is 4.20. The number of carbonyl (C=O) groups excluding carboxylic acids is 1. The summed E-state index contributed by atoms with van der Waals surface area (Å²) in [7, 11) is 3.77. The number of nitrogens with two attached hydrogens (primary N) is 1. The predicted octanol–water partition coefficient (Wildman–Crippen LogP) is 0.126. The van der Waals surface area contributed by atoms with Crippen LogP contribution in [0.4, 0.5) is 0 Å². The monoisotopic (exact) mass is 309 g/mol. The van der Waals surface area contributed by atoms with E-state index in [9.17, 15) is 9.59 Å². The van der Waals surface area contributed by atoms with Crippen molar-refractivity contribution in [2.24, 2.45) is 5.84 Å². The lowest BCUT2D eigenvalue weighted by Gasteiger charge is -2.15. The number of hydrazine groups is 1. The lowest BCUT2D eigenvalue weighted by Crippen LogP contribution is -2.38. The van der Waals surface area contributed by atoms with Gasteiger partial charge in [-0.3, -0.25) is 19.6 Å². The molecule has 21 heavy (non-hydrogen) atoms. The van der Waals surface area contributed by atoms with Crippen molar-refractivity contribution in [3.05, 3.63) is 26.6 Å². The van der Waals surface area contributed by atoms with Crippen molar-refractivity contribution >= 4 is 27.5 Å². The van der Waals surface area contributed by atoms with Crippen LogP contribution in [0.1, 0.15) is 16.3 Å². The minimum atomic E-state index is -0.428. The van der Waals surface area contributed by atoms with Gasteiger partial charge in [-0.15, -0.1) is 11.3 Å². The van der Waals surface area contributed by atoms with E-state index in [1.165, 1.54) is 15.9 Å². The van der Waals surface area contributed by atoms with Gasteiger partial charge in [0.2, 0.25) is 0 Å². The number of fused-ring (bicyclic) bond motifs is 1. The summed E-state index contributed by atoms with van der Waals surface area (Å²) in [6, 6.07) is 0. The van der Waals surface area contributed by atoms with Crippen molar-refractivity contribution in [3.63, 3.8) is 0 Å². The summed E-state index contributed by atoms with van der Waals surface area (Å²) in [4.78, 5) is 32.5. The normalized spacial score (nSPS) is 11.3. The number of carbonyl (C=O) groups is 1. The molecular weight excluding hydrogens is 290 g/mol. The van der Waals surface area contributed by atoms with Crippen LogP contribution >= 0.6 is 11.3 Å². The van der Waals surface area contributed by atoms with Gasteiger partial charge in [0.1, 0.15) is 17.2 Å². The Kier molecular flexibility index (Phi) is 4.40. The molecule has 0 radical (unpaired) electrons. The molecule has 0 aromatic carbocycles. The highest BCUT2D eigenvalue weighted by atomic mass is 32.1. The van der Waals surface area contributed by atoms with Crippen LogP contribution in [0.15, 0.2) is 4.79 Å². The third kappa shape index (κ3) is 2.97. The second-order valence-electron chi connectivity index (χ2n) is 5.19. The zero-order valence-corrected chi connectivity index (χ0v) is 13.4. The number of nitrogens with zero attached hydrogens (tertiary/aromatic N) is 3. The van der Waals surface area contributed by atoms with E-state index >= 15 is 0 Å². The maximum atomic E-state index is 12.7. The SMILES string of the molecule is Cc1sc2nc(CN(C)C)n(CC(=O)NN)c(=O)c2c1C. The zero-order valence-electron chi connectivity index (χ0n) is 12.6. The van der Waals surface area contributed by atoms with Gasteiger partial charge in [-0.25, -0.2) is 10.8 Å². The van der Waals surface area contributed by atoms with Crippen LogP contribution in [-0.2, 0) is 17.9 Å². The van der Waals surface area contributed by atoms with Crippen molar-refractivity contribution in [2.75, 3.05) is 14.1 Å². The van der Waals surface area contributed by atoms with E-state index in [-0.39, 0.29) is 12.1 Å². The summed E-state index contributed by atoms with van der Waals surface area (Å²) >= 11 is 1.50. The van der Waals surface area contributed by atoms with Gasteiger partial charge >= 0.3 is 0 Å². The first-order valence-electron chi connectivity index (χ1n) is 6.48. The molecule has 2 aromatic heterocycles. The highest BCUT2D eigenvalue weighted by Gasteiger charge is 2.18. The highest BCUT2D eigenvalue weighted by Crippen LogP contribution is 2.26. The van der Waals surface area contributed by atoms with E-state index in [1.54, 1.807) is 0 Å². The second kappa shape index (κ2) is 5.92. The van der Waals surface area contributed by atoms with Gasteiger partial charge in [-0.05, 0) is 33.5 Å². The topological polar surface area (TPSA) is 93.2 Å². The van der Waals surface area contributed by atoms with Gasteiger partial charge < -0.3 is 4.90 Å². The van der Waals surface area contributed by atoms with Crippen LogP contribution in [0.25, 0.3) is 10.2 Å². The Balaban J connectivity index is 2.70. The zero-order chi connectivity index (χ0) is 15.7. The predicted molar refractivity (Wildman–Crippen MR) is 83.1 cm³/mol. The molecule has 7 nitrogen and oxygen atoms in total. The number of nitrogens with one attached hydrogen (secondary N) is 1. The van der Waals surface area contributed by atoms with Crippen LogP contribution in [0.3, 0.4) is 0 Å². The molecule has 0 unspecified atom stereocenters. The quantitative estimate of drug-likeness (QED) is 0.475.